The van der Waals surface area contributed by atoms with Gasteiger partial charge in [-0.1, -0.05) is 12.8 Å². The van der Waals surface area contributed by atoms with E-state index in [0.717, 1.165) is 45.2 Å². The molecule has 2 atom stereocenters. The van der Waals surface area contributed by atoms with Crippen LogP contribution in [0.1, 0.15) is 46.0 Å². The van der Waals surface area contributed by atoms with Gasteiger partial charge in [0.05, 0.1) is 5.25 Å². The van der Waals surface area contributed by atoms with Crippen molar-refractivity contribution >= 4 is 10.0 Å². The van der Waals surface area contributed by atoms with Crippen LogP contribution in [0.25, 0.3) is 0 Å². The fourth-order valence-electron chi connectivity index (χ4n) is 3.92. The second-order valence-electron chi connectivity index (χ2n) is 7.36. The Hall–Kier alpha value is -0.170. The third-order valence-corrected chi connectivity index (χ3v) is 7.50. The van der Waals surface area contributed by atoms with E-state index in [1.54, 1.807) is 4.31 Å². The van der Waals surface area contributed by atoms with Crippen LogP contribution in [-0.4, -0.2) is 80.1 Å². The minimum atomic E-state index is -3.09. The molecule has 2 rings (SSSR count). The summed E-state index contributed by atoms with van der Waals surface area (Å²) in [5.74, 6) is 0. The topological polar surface area (TPSA) is 43.9 Å². The summed E-state index contributed by atoms with van der Waals surface area (Å²) in [4.78, 5) is 4.68. The van der Waals surface area contributed by atoms with Gasteiger partial charge in [-0.15, -0.1) is 0 Å². The molecule has 1 aliphatic carbocycles. The van der Waals surface area contributed by atoms with Crippen molar-refractivity contribution in [2.75, 3.05) is 40.3 Å². The Bertz CT molecular complexity index is 434. The van der Waals surface area contributed by atoms with Gasteiger partial charge in [-0.2, -0.15) is 4.31 Å². The highest BCUT2D eigenvalue weighted by atomic mass is 32.2. The standard InChI is InChI=1S/C16H33N3O2S/c1-14-12-18(22(20,21)16-8-5-6-9-16)13-15(2)19(14)11-7-10-17(3)4/h14-16H,5-13H2,1-4H3. The molecule has 1 aliphatic heterocycles. The predicted molar refractivity (Wildman–Crippen MR) is 91.5 cm³/mol. The molecule has 2 aliphatic rings. The molecule has 0 amide bonds. The van der Waals surface area contributed by atoms with Gasteiger partial charge in [0, 0.05) is 31.7 Å². The molecule has 0 radical (unpaired) electrons. The van der Waals surface area contributed by atoms with Gasteiger partial charge >= 0.3 is 0 Å². The molecule has 0 aromatic heterocycles. The fraction of sp³-hybridized carbons (Fsp3) is 1.00. The van der Waals surface area contributed by atoms with E-state index in [0.29, 0.717) is 25.2 Å². The molecule has 0 spiro atoms. The summed E-state index contributed by atoms with van der Waals surface area (Å²) in [5, 5.41) is -0.118. The number of hydrogen-bond acceptors (Lipinski definition) is 4. The summed E-state index contributed by atoms with van der Waals surface area (Å²) in [7, 11) is 1.11. The molecule has 5 nitrogen and oxygen atoms in total. The molecule has 0 bridgehead atoms. The minimum absolute atomic E-state index is 0.118. The average Bonchev–Trinajstić information content (AvgIpc) is 2.96. The Morgan fingerprint density at radius 3 is 2.09 bits per heavy atom. The highest BCUT2D eigenvalue weighted by molar-refractivity contribution is 7.89. The van der Waals surface area contributed by atoms with Crippen molar-refractivity contribution in [3.63, 3.8) is 0 Å². The number of piperazine rings is 1. The number of sulfonamides is 1. The molecule has 1 saturated carbocycles. The summed E-state index contributed by atoms with van der Waals surface area (Å²) >= 11 is 0. The predicted octanol–water partition coefficient (Wildman–Crippen LogP) is 1.61. The highest BCUT2D eigenvalue weighted by Gasteiger charge is 2.39. The van der Waals surface area contributed by atoms with Crippen LogP contribution < -0.4 is 0 Å². The zero-order chi connectivity index (χ0) is 16.3. The van der Waals surface area contributed by atoms with Crippen LogP contribution >= 0.6 is 0 Å². The Labute approximate surface area is 136 Å². The molecular weight excluding hydrogens is 298 g/mol. The van der Waals surface area contributed by atoms with Gasteiger partial charge in [-0.25, -0.2) is 8.42 Å². The number of nitrogens with zero attached hydrogens (tertiary/aromatic N) is 3. The number of rotatable bonds is 6. The summed E-state index contributed by atoms with van der Waals surface area (Å²) in [5.41, 5.74) is 0. The first-order chi connectivity index (χ1) is 10.3. The number of hydrogen-bond donors (Lipinski definition) is 0. The lowest BCUT2D eigenvalue weighted by Gasteiger charge is -2.44. The van der Waals surface area contributed by atoms with Gasteiger partial charge in [0.1, 0.15) is 0 Å². The largest absolute Gasteiger partial charge is 0.309 e. The fourth-order valence-corrected chi connectivity index (χ4v) is 6.12. The Kier molecular flexibility index (Phi) is 6.28. The van der Waals surface area contributed by atoms with Crippen LogP contribution in [0.15, 0.2) is 0 Å². The van der Waals surface area contributed by atoms with Crippen LogP contribution in [-0.2, 0) is 10.0 Å². The maximum Gasteiger partial charge on any atom is 0.217 e. The zero-order valence-electron chi connectivity index (χ0n) is 14.7. The van der Waals surface area contributed by atoms with E-state index in [1.165, 1.54) is 0 Å². The summed E-state index contributed by atoms with van der Waals surface area (Å²) in [6.07, 6.45) is 4.98. The van der Waals surface area contributed by atoms with Gasteiger partial charge in [0.15, 0.2) is 0 Å². The van der Waals surface area contributed by atoms with Crippen LogP contribution in [0, 0.1) is 0 Å². The van der Waals surface area contributed by atoms with E-state index in [-0.39, 0.29) is 5.25 Å². The molecule has 2 fully saturated rings. The van der Waals surface area contributed by atoms with Crippen LogP contribution in [0.3, 0.4) is 0 Å². The second kappa shape index (κ2) is 7.60. The molecule has 2 unspecified atom stereocenters. The SMILES string of the molecule is CC1CN(S(=O)(=O)C2CCCC2)CC(C)N1CCCN(C)C. The summed E-state index contributed by atoms with van der Waals surface area (Å²) < 4.78 is 27.4. The molecule has 0 N–H and O–H groups in total. The van der Waals surface area contributed by atoms with Gasteiger partial charge in [-0.3, -0.25) is 4.90 Å². The van der Waals surface area contributed by atoms with Gasteiger partial charge in [0.2, 0.25) is 10.0 Å². The molecular formula is C16H33N3O2S. The molecule has 0 aromatic rings. The zero-order valence-corrected chi connectivity index (χ0v) is 15.5. The molecule has 1 saturated heterocycles. The van der Waals surface area contributed by atoms with Crippen LogP contribution in [0.4, 0.5) is 0 Å². The molecule has 6 heteroatoms. The quantitative estimate of drug-likeness (QED) is 0.742. The molecule has 22 heavy (non-hydrogen) atoms. The first-order valence-corrected chi connectivity index (χ1v) is 10.2. The average molecular weight is 332 g/mol. The molecule has 1 heterocycles. The molecule has 130 valence electrons. The van der Waals surface area contributed by atoms with Crippen molar-refractivity contribution in [3.05, 3.63) is 0 Å². The van der Waals surface area contributed by atoms with Crippen molar-refractivity contribution in [2.45, 2.75) is 63.3 Å². The van der Waals surface area contributed by atoms with Crippen LogP contribution in [0.2, 0.25) is 0 Å². The maximum atomic E-state index is 12.8. The van der Waals surface area contributed by atoms with E-state index in [2.05, 4.69) is 37.7 Å². The first kappa shape index (κ1) is 18.2. The normalized spacial score (nSPS) is 29.5. The van der Waals surface area contributed by atoms with E-state index in [9.17, 15) is 8.42 Å². The first-order valence-electron chi connectivity index (χ1n) is 8.72. The third kappa shape index (κ3) is 4.22. The van der Waals surface area contributed by atoms with E-state index >= 15 is 0 Å². The lowest BCUT2D eigenvalue weighted by Crippen LogP contribution is -2.59. The van der Waals surface area contributed by atoms with E-state index in [4.69, 9.17) is 0 Å². The van der Waals surface area contributed by atoms with Gasteiger partial charge < -0.3 is 4.90 Å². The van der Waals surface area contributed by atoms with Gasteiger partial charge in [-0.05, 0) is 53.8 Å². The highest BCUT2D eigenvalue weighted by Crippen LogP contribution is 2.29. The Balaban J connectivity index is 1.94. The van der Waals surface area contributed by atoms with Crippen molar-refractivity contribution in [1.82, 2.24) is 14.1 Å². The van der Waals surface area contributed by atoms with E-state index in [1.807, 2.05) is 0 Å². The van der Waals surface area contributed by atoms with Crippen molar-refractivity contribution < 1.29 is 8.42 Å². The van der Waals surface area contributed by atoms with Crippen molar-refractivity contribution in [2.24, 2.45) is 0 Å². The Morgan fingerprint density at radius 2 is 1.59 bits per heavy atom. The molecule has 0 aromatic carbocycles. The smallest absolute Gasteiger partial charge is 0.217 e. The second-order valence-corrected chi connectivity index (χ2v) is 9.57. The van der Waals surface area contributed by atoms with Crippen molar-refractivity contribution in [3.8, 4) is 0 Å². The monoisotopic (exact) mass is 331 g/mol. The third-order valence-electron chi connectivity index (χ3n) is 5.17. The summed E-state index contributed by atoms with van der Waals surface area (Å²) in [6, 6.07) is 0.615. The maximum absolute atomic E-state index is 12.8. The van der Waals surface area contributed by atoms with E-state index < -0.39 is 10.0 Å². The van der Waals surface area contributed by atoms with Crippen LogP contribution in [0.5, 0.6) is 0 Å². The van der Waals surface area contributed by atoms with Crippen molar-refractivity contribution in [1.29, 1.82) is 0 Å². The lowest BCUT2D eigenvalue weighted by atomic mass is 10.1. The summed E-state index contributed by atoms with van der Waals surface area (Å²) in [6.45, 7) is 7.79. The Morgan fingerprint density at radius 1 is 1.05 bits per heavy atom. The minimum Gasteiger partial charge on any atom is -0.309 e. The lowest BCUT2D eigenvalue weighted by molar-refractivity contribution is 0.0736. The van der Waals surface area contributed by atoms with Gasteiger partial charge in [0.25, 0.3) is 0 Å².